The number of carbonyl (C=O) groups is 3. The first kappa shape index (κ1) is 20.3. The second-order valence-electron chi connectivity index (χ2n) is 7.99. The molecule has 160 valence electrons. The Balaban J connectivity index is 1.43. The van der Waals surface area contributed by atoms with Gasteiger partial charge in [0.1, 0.15) is 6.04 Å². The van der Waals surface area contributed by atoms with Gasteiger partial charge in [-0.25, -0.2) is 0 Å². The third kappa shape index (κ3) is 4.42. The topological polar surface area (TPSA) is 97.0 Å². The molecule has 1 atom stereocenters. The van der Waals surface area contributed by atoms with Crippen molar-refractivity contribution in [1.29, 1.82) is 0 Å². The minimum Gasteiger partial charge on any atom is -0.454 e. The first-order valence-electron chi connectivity index (χ1n) is 10.4. The van der Waals surface area contributed by atoms with E-state index in [1.54, 1.807) is 24.3 Å². The lowest BCUT2D eigenvalue weighted by atomic mass is 9.88. The van der Waals surface area contributed by atoms with Crippen LogP contribution in [0.2, 0.25) is 0 Å². The molecular formula is C22H27N3O5. The smallest absolute Gasteiger partial charge is 0.252 e. The van der Waals surface area contributed by atoms with E-state index in [0.29, 0.717) is 49.5 Å². The van der Waals surface area contributed by atoms with Gasteiger partial charge in [-0.3, -0.25) is 14.4 Å². The Morgan fingerprint density at radius 3 is 2.57 bits per heavy atom. The van der Waals surface area contributed by atoms with Crippen LogP contribution in [0.25, 0.3) is 0 Å². The van der Waals surface area contributed by atoms with Crippen molar-refractivity contribution in [2.45, 2.75) is 31.7 Å². The molecule has 3 aliphatic rings. The summed E-state index contributed by atoms with van der Waals surface area (Å²) in [6.07, 6.45) is 4.91. The number of hydrogen-bond donors (Lipinski definition) is 2. The number of hydrogen-bond acceptors (Lipinski definition) is 5. The first-order chi connectivity index (χ1) is 14.6. The number of piperidine rings is 1. The van der Waals surface area contributed by atoms with E-state index in [9.17, 15) is 14.4 Å². The molecule has 8 nitrogen and oxygen atoms in total. The maximum Gasteiger partial charge on any atom is 0.252 e. The van der Waals surface area contributed by atoms with Crippen molar-refractivity contribution in [1.82, 2.24) is 15.5 Å². The van der Waals surface area contributed by atoms with Crippen LogP contribution in [0.15, 0.2) is 30.9 Å². The van der Waals surface area contributed by atoms with Crippen LogP contribution in [-0.2, 0) is 9.59 Å². The number of fused-ring (bicyclic) bond motifs is 1. The molecular weight excluding hydrogens is 386 g/mol. The zero-order valence-electron chi connectivity index (χ0n) is 16.9. The van der Waals surface area contributed by atoms with Gasteiger partial charge in [0.2, 0.25) is 18.6 Å². The SMILES string of the molecule is C=CCNC(=O)[C@@H](NC(=O)c1ccc2c(c1)OCO2)C1CCN(C(=O)C2CC2)CC1. The average molecular weight is 413 g/mol. The van der Waals surface area contributed by atoms with E-state index in [-0.39, 0.29) is 36.4 Å². The summed E-state index contributed by atoms with van der Waals surface area (Å²) in [5.74, 6) is 0.904. The van der Waals surface area contributed by atoms with Crippen LogP contribution >= 0.6 is 0 Å². The normalized spacial score (nSPS) is 19.1. The van der Waals surface area contributed by atoms with Gasteiger partial charge in [-0.1, -0.05) is 6.08 Å². The zero-order valence-corrected chi connectivity index (χ0v) is 16.9. The lowest BCUT2D eigenvalue weighted by Gasteiger charge is -2.36. The third-order valence-corrected chi connectivity index (χ3v) is 5.87. The molecule has 30 heavy (non-hydrogen) atoms. The molecule has 0 unspecified atom stereocenters. The molecule has 0 bridgehead atoms. The summed E-state index contributed by atoms with van der Waals surface area (Å²) < 4.78 is 10.6. The number of nitrogens with zero attached hydrogens (tertiary/aromatic N) is 1. The molecule has 1 aliphatic carbocycles. The summed E-state index contributed by atoms with van der Waals surface area (Å²) in [6.45, 7) is 5.32. The van der Waals surface area contributed by atoms with Crippen molar-refractivity contribution in [3.63, 3.8) is 0 Å². The van der Waals surface area contributed by atoms with Gasteiger partial charge in [-0.15, -0.1) is 6.58 Å². The summed E-state index contributed by atoms with van der Waals surface area (Å²) in [6, 6.07) is 4.28. The molecule has 4 rings (SSSR count). The standard InChI is InChI=1S/C22H27N3O5/c1-2-9-23-21(27)19(14-7-10-25(11-8-14)22(28)15-3-4-15)24-20(26)16-5-6-17-18(12-16)30-13-29-17/h2,5-6,12,14-15,19H,1,3-4,7-11,13H2,(H,23,27)(H,24,26)/t19-/m0/s1. The molecule has 0 aromatic heterocycles. The lowest BCUT2D eigenvalue weighted by molar-refractivity contribution is -0.134. The van der Waals surface area contributed by atoms with Crippen LogP contribution in [0.4, 0.5) is 0 Å². The highest BCUT2D eigenvalue weighted by Crippen LogP contribution is 2.34. The molecule has 1 aromatic rings. The predicted octanol–water partition coefficient (Wildman–Crippen LogP) is 1.46. The maximum atomic E-state index is 12.9. The van der Waals surface area contributed by atoms with Crippen LogP contribution in [-0.4, -0.2) is 55.1 Å². The molecule has 1 saturated carbocycles. The maximum absolute atomic E-state index is 12.9. The van der Waals surface area contributed by atoms with Gasteiger partial charge in [0.05, 0.1) is 0 Å². The molecule has 1 saturated heterocycles. The van der Waals surface area contributed by atoms with Gasteiger partial charge < -0.3 is 25.0 Å². The Bertz CT molecular complexity index is 843. The minimum absolute atomic E-state index is 0.0453. The highest BCUT2D eigenvalue weighted by Gasteiger charge is 2.38. The van der Waals surface area contributed by atoms with Crippen molar-refractivity contribution in [2.24, 2.45) is 11.8 Å². The summed E-state index contributed by atoms with van der Waals surface area (Å²) in [5.41, 5.74) is 0.405. The van der Waals surface area contributed by atoms with Crippen LogP contribution in [0.1, 0.15) is 36.0 Å². The molecule has 8 heteroatoms. The number of likely N-dealkylation sites (tertiary alicyclic amines) is 1. The van der Waals surface area contributed by atoms with E-state index in [1.807, 2.05) is 4.90 Å². The fourth-order valence-electron chi connectivity index (χ4n) is 3.98. The number of rotatable bonds is 7. The average Bonchev–Trinajstić information content (AvgIpc) is 3.52. The van der Waals surface area contributed by atoms with E-state index in [2.05, 4.69) is 17.2 Å². The van der Waals surface area contributed by atoms with Gasteiger partial charge in [0, 0.05) is 31.1 Å². The fourth-order valence-corrected chi connectivity index (χ4v) is 3.98. The van der Waals surface area contributed by atoms with E-state index in [4.69, 9.17) is 9.47 Å². The largest absolute Gasteiger partial charge is 0.454 e. The Kier molecular flexibility index (Phi) is 5.92. The number of carbonyl (C=O) groups excluding carboxylic acids is 3. The van der Waals surface area contributed by atoms with Gasteiger partial charge >= 0.3 is 0 Å². The first-order valence-corrected chi connectivity index (χ1v) is 10.4. The van der Waals surface area contributed by atoms with Crippen molar-refractivity contribution in [3.8, 4) is 11.5 Å². The quantitative estimate of drug-likeness (QED) is 0.660. The number of nitrogens with one attached hydrogen (secondary N) is 2. The Labute approximate surface area is 175 Å². The molecule has 1 aromatic carbocycles. The van der Waals surface area contributed by atoms with E-state index in [1.165, 1.54) is 0 Å². The fraction of sp³-hybridized carbons (Fsp3) is 0.500. The minimum atomic E-state index is -0.680. The molecule has 2 heterocycles. The van der Waals surface area contributed by atoms with Crippen molar-refractivity contribution in [2.75, 3.05) is 26.4 Å². The summed E-state index contributed by atoms with van der Waals surface area (Å²) in [4.78, 5) is 39.9. The molecule has 2 fully saturated rings. The molecule has 2 aliphatic heterocycles. The predicted molar refractivity (Wildman–Crippen MR) is 109 cm³/mol. The van der Waals surface area contributed by atoms with Crippen LogP contribution in [0.3, 0.4) is 0 Å². The zero-order chi connectivity index (χ0) is 21.1. The second kappa shape index (κ2) is 8.77. The second-order valence-corrected chi connectivity index (χ2v) is 7.99. The third-order valence-electron chi connectivity index (χ3n) is 5.87. The Hall–Kier alpha value is -3.03. The van der Waals surface area contributed by atoms with E-state index >= 15 is 0 Å². The monoisotopic (exact) mass is 413 g/mol. The highest BCUT2D eigenvalue weighted by molar-refractivity contribution is 5.98. The summed E-state index contributed by atoms with van der Waals surface area (Å²) in [7, 11) is 0. The number of ether oxygens (including phenoxy) is 2. The number of amides is 3. The Morgan fingerprint density at radius 1 is 1.13 bits per heavy atom. The highest BCUT2D eigenvalue weighted by atomic mass is 16.7. The van der Waals surface area contributed by atoms with E-state index in [0.717, 1.165) is 12.8 Å². The van der Waals surface area contributed by atoms with Crippen LogP contribution in [0, 0.1) is 11.8 Å². The Morgan fingerprint density at radius 2 is 1.87 bits per heavy atom. The molecule has 0 spiro atoms. The van der Waals surface area contributed by atoms with Crippen LogP contribution in [0.5, 0.6) is 11.5 Å². The van der Waals surface area contributed by atoms with Crippen LogP contribution < -0.4 is 20.1 Å². The van der Waals surface area contributed by atoms with Crippen molar-refractivity contribution in [3.05, 3.63) is 36.4 Å². The summed E-state index contributed by atoms with van der Waals surface area (Å²) in [5, 5.41) is 5.69. The molecule has 0 radical (unpaired) electrons. The van der Waals surface area contributed by atoms with Crippen molar-refractivity contribution >= 4 is 17.7 Å². The summed E-state index contributed by atoms with van der Waals surface area (Å²) >= 11 is 0. The molecule has 3 amide bonds. The van der Waals surface area contributed by atoms with Crippen molar-refractivity contribution < 1.29 is 23.9 Å². The van der Waals surface area contributed by atoms with Gasteiger partial charge in [0.15, 0.2) is 11.5 Å². The lowest BCUT2D eigenvalue weighted by Crippen LogP contribution is -2.54. The van der Waals surface area contributed by atoms with E-state index < -0.39 is 6.04 Å². The number of benzene rings is 1. The van der Waals surface area contributed by atoms with Gasteiger partial charge in [-0.05, 0) is 49.8 Å². The van der Waals surface area contributed by atoms with Gasteiger partial charge in [-0.2, -0.15) is 0 Å². The molecule has 2 N–H and O–H groups in total. The van der Waals surface area contributed by atoms with Gasteiger partial charge in [0.25, 0.3) is 5.91 Å².